The Balaban J connectivity index is 1.76. The number of nitrogens with one attached hydrogen (secondary N) is 3. The van der Waals surface area contributed by atoms with E-state index in [1.807, 2.05) is 0 Å². The summed E-state index contributed by atoms with van der Waals surface area (Å²) in [4.78, 5) is 33.9. The molecule has 0 saturated heterocycles. The lowest BCUT2D eigenvalue weighted by Crippen LogP contribution is -2.19. The summed E-state index contributed by atoms with van der Waals surface area (Å²) in [5, 5.41) is 2.77. The second-order valence-electron chi connectivity index (χ2n) is 5.42. The van der Waals surface area contributed by atoms with Crippen LogP contribution in [0.4, 0.5) is 14.6 Å². The molecule has 8 nitrogen and oxygen atoms in total. The number of hydrogen-bond acceptors (Lipinski definition) is 6. The lowest BCUT2D eigenvalue weighted by molar-refractivity contribution is 0.590. The van der Waals surface area contributed by atoms with E-state index >= 15 is 0 Å². The quantitative estimate of drug-likeness (QED) is 0.525. The summed E-state index contributed by atoms with van der Waals surface area (Å²) < 4.78 is 27.2. The number of H-pyrrole nitrogens is 2. The summed E-state index contributed by atoms with van der Waals surface area (Å²) in [6.07, 6.45) is 2.84. The number of hydrogen-bond donors (Lipinski definition) is 3. The Morgan fingerprint density at radius 3 is 2.88 bits per heavy atom. The van der Waals surface area contributed by atoms with Gasteiger partial charge in [0.05, 0.1) is 17.9 Å². The highest BCUT2D eigenvalue weighted by Crippen LogP contribution is 2.21. The molecule has 126 valence electrons. The van der Waals surface area contributed by atoms with Crippen LogP contribution in [0.3, 0.4) is 0 Å². The number of aromatic amines is 2. The molecule has 0 radical (unpaired) electrons. The van der Waals surface area contributed by atoms with Crippen LogP contribution < -0.4 is 10.9 Å². The summed E-state index contributed by atoms with van der Waals surface area (Å²) in [6, 6.07) is 1.16. The Morgan fingerprint density at radius 2 is 2.04 bits per heavy atom. The molecular formula is C15H11F2N7O. The smallest absolute Gasteiger partial charge is 0.261 e. The number of aromatic nitrogens is 6. The van der Waals surface area contributed by atoms with Gasteiger partial charge in [0.1, 0.15) is 34.7 Å². The molecule has 0 aliphatic heterocycles. The zero-order valence-electron chi connectivity index (χ0n) is 12.8. The summed E-state index contributed by atoms with van der Waals surface area (Å²) in [5.41, 5.74) is 0.333. The third-order valence-electron chi connectivity index (χ3n) is 3.72. The maximum Gasteiger partial charge on any atom is 0.261 e. The SMILES string of the molecule is CC(Nc1ncnc2[nH]cnc12)c1nc2cc(F)cc(F)c2c(=O)[nH]1. The molecule has 4 rings (SSSR count). The minimum Gasteiger partial charge on any atom is -0.358 e. The lowest BCUT2D eigenvalue weighted by atomic mass is 10.2. The van der Waals surface area contributed by atoms with Gasteiger partial charge in [0.2, 0.25) is 0 Å². The molecule has 3 heterocycles. The predicted octanol–water partition coefficient (Wildman–Crippen LogP) is 2.04. The van der Waals surface area contributed by atoms with Gasteiger partial charge in [-0.05, 0) is 6.92 Å². The van der Waals surface area contributed by atoms with E-state index in [1.165, 1.54) is 12.7 Å². The zero-order chi connectivity index (χ0) is 17.6. The van der Waals surface area contributed by atoms with Gasteiger partial charge >= 0.3 is 0 Å². The predicted molar refractivity (Wildman–Crippen MR) is 86.0 cm³/mol. The largest absolute Gasteiger partial charge is 0.358 e. The minimum atomic E-state index is -0.954. The number of fused-ring (bicyclic) bond motifs is 2. The number of rotatable bonds is 3. The Labute approximate surface area is 138 Å². The van der Waals surface area contributed by atoms with Crippen LogP contribution in [0.25, 0.3) is 22.1 Å². The average Bonchev–Trinajstić information content (AvgIpc) is 3.03. The van der Waals surface area contributed by atoms with Crippen molar-refractivity contribution in [1.82, 2.24) is 29.9 Å². The molecule has 3 N–H and O–H groups in total. The average molecular weight is 343 g/mol. The fourth-order valence-electron chi connectivity index (χ4n) is 2.56. The Kier molecular flexibility index (Phi) is 3.38. The second kappa shape index (κ2) is 5.58. The number of anilines is 1. The molecule has 0 bridgehead atoms. The Bertz CT molecular complexity index is 1150. The van der Waals surface area contributed by atoms with Gasteiger partial charge in [0.15, 0.2) is 11.5 Å². The molecule has 0 fully saturated rings. The van der Waals surface area contributed by atoms with Crippen molar-refractivity contribution in [2.45, 2.75) is 13.0 Å². The van der Waals surface area contributed by atoms with Crippen LogP contribution in [-0.2, 0) is 0 Å². The third kappa shape index (κ3) is 2.57. The molecule has 0 aliphatic carbocycles. The number of benzene rings is 1. The van der Waals surface area contributed by atoms with Gasteiger partial charge in [0, 0.05) is 12.1 Å². The molecule has 0 aliphatic rings. The first kappa shape index (κ1) is 15.1. The van der Waals surface area contributed by atoms with E-state index in [2.05, 4.69) is 35.2 Å². The van der Waals surface area contributed by atoms with Crippen LogP contribution in [0.15, 0.2) is 29.6 Å². The first-order chi connectivity index (χ1) is 12.0. The van der Waals surface area contributed by atoms with Gasteiger partial charge in [-0.15, -0.1) is 0 Å². The highest BCUT2D eigenvalue weighted by atomic mass is 19.1. The van der Waals surface area contributed by atoms with Crippen LogP contribution in [0.2, 0.25) is 0 Å². The first-order valence-electron chi connectivity index (χ1n) is 7.32. The monoisotopic (exact) mass is 343 g/mol. The van der Waals surface area contributed by atoms with Crippen molar-refractivity contribution in [3.63, 3.8) is 0 Å². The zero-order valence-corrected chi connectivity index (χ0v) is 12.8. The number of halogens is 2. The fourth-order valence-corrected chi connectivity index (χ4v) is 2.56. The van der Waals surface area contributed by atoms with Crippen molar-refractivity contribution in [1.29, 1.82) is 0 Å². The topological polar surface area (TPSA) is 112 Å². The highest BCUT2D eigenvalue weighted by Gasteiger charge is 2.16. The van der Waals surface area contributed by atoms with Crippen molar-refractivity contribution < 1.29 is 8.78 Å². The van der Waals surface area contributed by atoms with E-state index in [4.69, 9.17) is 0 Å². The molecule has 25 heavy (non-hydrogen) atoms. The molecule has 0 saturated carbocycles. The van der Waals surface area contributed by atoms with Crippen LogP contribution in [0, 0.1) is 11.6 Å². The molecule has 0 spiro atoms. The van der Waals surface area contributed by atoms with Crippen molar-refractivity contribution in [3.8, 4) is 0 Å². The van der Waals surface area contributed by atoms with Crippen molar-refractivity contribution >= 4 is 27.9 Å². The van der Waals surface area contributed by atoms with Gasteiger partial charge in [-0.3, -0.25) is 4.79 Å². The summed E-state index contributed by atoms with van der Waals surface area (Å²) in [6.45, 7) is 1.72. The molecular weight excluding hydrogens is 332 g/mol. The fraction of sp³-hybridized carbons (Fsp3) is 0.133. The van der Waals surface area contributed by atoms with Gasteiger partial charge in [-0.25, -0.2) is 28.7 Å². The maximum atomic E-state index is 13.8. The van der Waals surface area contributed by atoms with E-state index in [0.717, 1.165) is 6.07 Å². The standard InChI is InChI=1S/C15H11F2N7O/c1-6(22-14-11-13(19-4-18-11)20-5-21-14)12-23-9-3-7(16)2-8(17)10(9)15(25)24-12/h2-6H,1H3,(H,23,24,25)(H2,18,19,20,21,22). The van der Waals surface area contributed by atoms with Crippen LogP contribution in [0.5, 0.6) is 0 Å². The third-order valence-corrected chi connectivity index (χ3v) is 3.72. The number of imidazole rings is 1. The Morgan fingerprint density at radius 1 is 1.20 bits per heavy atom. The van der Waals surface area contributed by atoms with E-state index < -0.39 is 23.2 Å². The molecule has 1 unspecified atom stereocenters. The van der Waals surface area contributed by atoms with E-state index in [9.17, 15) is 13.6 Å². The van der Waals surface area contributed by atoms with Crippen LogP contribution >= 0.6 is 0 Å². The van der Waals surface area contributed by atoms with Crippen LogP contribution in [-0.4, -0.2) is 29.9 Å². The number of nitrogens with zero attached hydrogens (tertiary/aromatic N) is 4. The van der Waals surface area contributed by atoms with Gasteiger partial charge < -0.3 is 15.3 Å². The van der Waals surface area contributed by atoms with Gasteiger partial charge in [-0.1, -0.05) is 0 Å². The van der Waals surface area contributed by atoms with Crippen molar-refractivity contribution in [3.05, 3.63) is 52.6 Å². The van der Waals surface area contributed by atoms with Crippen LogP contribution in [0.1, 0.15) is 18.8 Å². The van der Waals surface area contributed by atoms with Gasteiger partial charge in [-0.2, -0.15) is 0 Å². The highest BCUT2D eigenvalue weighted by molar-refractivity contribution is 5.82. The van der Waals surface area contributed by atoms with Crippen molar-refractivity contribution in [2.75, 3.05) is 5.32 Å². The van der Waals surface area contributed by atoms with Crippen molar-refractivity contribution in [2.24, 2.45) is 0 Å². The maximum absolute atomic E-state index is 13.8. The van der Waals surface area contributed by atoms with E-state index in [1.54, 1.807) is 6.92 Å². The normalized spacial score (nSPS) is 12.6. The first-order valence-corrected chi connectivity index (χ1v) is 7.32. The molecule has 1 atom stereocenters. The second-order valence-corrected chi connectivity index (χ2v) is 5.42. The summed E-state index contributed by atoms with van der Waals surface area (Å²) in [5.74, 6) is -1.11. The van der Waals surface area contributed by atoms with Gasteiger partial charge in [0.25, 0.3) is 5.56 Å². The van der Waals surface area contributed by atoms with E-state index in [0.29, 0.717) is 23.0 Å². The van der Waals surface area contributed by atoms with E-state index in [-0.39, 0.29) is 16.7 Å². The molecule has 3 aromatic heterocycles. The summed E-state index contributed by atoms with van der Waals surface area (Å²) in [7, 11) is 0. The molecule has 1 aromatic carbocycles. The lowest BCUT2D eigenvalue weighted by Gasteiger charge is -2.14. The minimum absolute atomic E-state index is 0.0579. The molecule has 0 amide bonds. The Hall–Kier alpha value is -3.43. The molecule has 10 heteroatoms. The summed E-state index contributed by atoms with van der Waals surface area (Å²) >= 11 is 0. The molecule has 4 aromatic rings.